The number of H-pyrrole nitrogens is 2. The van der Waals surface area contributed by atoms with Gasteiger partial charge < -0.3 is 39.9 Å². The first-order valence-electron chi connectivity index (χ1n) is 19.7. The molecule has 16 nitrogen and oxygen atoms in total. The van der Waals surface area contributed by atoms with Gasteiger partial charge in [-0.1, -0.05) is 58.0 Å². The quantitative estimate of drug-likeness (QED) is 0.120. The summed E-state index contributed by atoms with van der Waals surface area (Å²) in [6, 6.07) is 12.0. The van der Waals surface area contributed by atoms with Crippen molar-refractivity contribution in [2.75, 3.05) is 27.3 Å². The molecule has 2 saturated heterocycles. The van der Waals surface area contributed by atoms with E-state index in [-0.39, 0.29) is 35.7 Å². The van der Waals surface area contributed by atoms with Crippen LogP contribution in [0.1, 0.15) is 77.1 Å². The number of benzene rings is 2. The van der Waals surface area contributed by atoms with Gasteiger partial charge in [0.15, 0.2) is 5.82 Å². The molecule has 304 valence electrons. The number of fused-ring (bicyclic) bond motifs is 1. The van der Waals surface area contributed by atoms with Gasteiger partial charge in [0.05, 0.1) is 55.6 Å². The SMILES string of the molecule is COC(=O)NC(C(=O)N1CCCC1c1ncc(-c2ccc3nc(-c4ccc(-c5cnc(C6CCCN6C(=O)[C@@H](NC(=O)OC)C(C)C)[nH]5)cc4)ncc3c2)[nH]1)C(C)C. The summed E-state index contributed by atoms with van der Waals surface area (Å²) in [6.45, 7) is 8.74. The van der Waals surface area contributed by atoms with Crippen molar-refractivity contribution in [1.29, 1.82) is 0 Å². The summed E-state index contributed by atoms with van der Waals surface area (Å²) < 4.78 is 9.51. The standard InChI is InChI=1S/C42H50N10O6/c1-23(2)34(49-41(55)57-5)39(53)51-17-7-9-32(51)37-44-21-30(47-37)25-11-13-26(14-12-25)36-43-20-28-19-27(15-16-29(28)46-36)31-22-45-38(48-31)33-10-8-18-52(33)40(54)35(24(3)4)50-42(56)58-6/h11-16,19-24,32-35H,7-10,17-18H2,1-6H3,(H,44,47)(H,45,48)(H,49,55)(H,50,56)/t32?,33?,34-,35?/m0/s1. The van der Waals surface area contributed by atoms with E-state index < -0.39 is 24.3 Å². The Bertz CT molecular complexity index is 2290. The van der Waals surface area contributed by atoms with Crippen molar-refractivity contribution in [3.63, 3.8) is 0 Å². The average Bonchev–Trinajstić information content (AvgIpc) is 4.07. The molecule has 0 aliphatic carbocycles. The molecule has 0 bridgehead atoms. The van der Waals surface area contributed by atoms with E-state index in [0.29, 0.717) is 30.6 Å². The van der Waals surface area contributed by atoms with Crippen LogP contribution in [0.5, 0.6) is 0 Å². The van der Waals surface area contributed by atoms with Crippen molar-refractivity contribution in [3.05, 3.63) is 72.7 Å². The summed E-state index contributed by atoms with van der Waals surface area (Å²) >= 11 is 0. The zero-order valence-corrected chi connectivity index (χ0v) is 33.6. The number of rotatable bonds is 11. The van der Waals surface area contributed by atoms with Gasteiger partial charge >= 0.3 is 12.2 Å². The summed E-state index contributed by atoms with van der Waals surface area (Å²) in [5, 5.41) is 6.25. The predicted molar refractivity (Wildman–Crippen MR) is 216 cm³/mol. The number of carbonyl (C=O) groups excluding carboxylic acids is 4. The Labute approximate surface area is 336 Å². The molecule has 16 heteroatoms. The van der Waals surface area contributed by atoms with Crippen LogP contribution in [0.25, 0.3) is 44.8 Å². The fourth-order valence-corrected chi connectivity index (χ4v) is 7.83. The van der Waals surface area contributed by atoms with Crippen LogP contribution >= 0.6 is 0 Å². The molecule has 4 N–H and O–H groups in total. The molecule has 4 atom stereocenters. The van der Waals surface area contributed by atoms with Crippen molar-refractivity contribution in [1.82, 2.24) is 50.3 Å². The Kier molecular flexibility index (Phi) is 11.7. The molecular formula is C42H50N10O6. The molecule has 3 unspecified atom stereocenters. The summed E-state index contributed by atoms with van der Waals surface area (Å²) in [5.74, 6) is 1.46. The first-order valence-corrected chi connectivity index (χ1v) is 19.7. The molecule has 5 heterocycles. The van der Waals surface area contributed by atoms with E-state index in [2.05, 4.69) is 35.6 Å². The average molecular weight is 791 g/mol. The van der Waals surface area contributed by atoms with E-state index >= 15 is 0 Å². The van der Waals surface area contributed by atoms with E-state index in [4.69, 9.17) is 14.5 Å². The van der Waals surface area contributed by atoms with Gasteiger partial charge in [-0.3, -0.25) is 9.59 Å². The van der Waals surface area contributed by atoms with Crippen molar-refractivity contribution >= 4 is 34.9 Å². The van der Waals surface area contributed by atoms with E-state index in [1.54, 1.807) is 22.2 Å². The van der Waals surface area contributed by atoms with Crippen molar-refractivity contribution in [3.8, 4) is 33.9 Å². The highest BCUT2D eigenvalue weighted by molar-refractivity contribution is 5.88. The molecule has 0 radical (unpaired) electrons. The van der Waals surface area contributed by atoms with Crippen molar-refractivity contribution in [2.24, 2.45) is 11.8 Å². The number of hydrogen-bond acceptors (Lipinski definition) is 10. The zero-order valence-electron chi connectivity index (χ0n) is 33.6. The molecule has 2 fully saturated rings. The Balaban J connectivity index is 1.02. The maximum Gasteiger partial charge on any atom is 0.407 e. The van der Waals surface area contributed by atoms with Crippen LogP contribution in [0.2, 0.25) is 0 Å². The first-order chi connectivity index (χ1) is 27.9. The fraction of sp³-hybridized carbons (Fsp3) is 0.429. The summed E-state index contributed by atoms with van der Waals surface area (Å²) in [5.41, 5.74) is 5.13. The molecule has 0 saturated carbocycles. The van der Waals surface area contributed by atoms with Crippen LogP contribution in [0.4, 0.5) is 9.59 Å². The largest absolute Gasteiger partial charge is 0.453 e. The Morgan fingerprint density at radius 3 is 1.66 bits per heavy atom. The van der Waals surface area contributed by atoms with Crippen LogP contribution < -0.4 is 10.6 Å². The third-order valence-corrected chi connectivity index (χ3v) is 11.0. The minimum atomic E-state index is -0.702. The number of hydrogen-bond donors (Lipinski definition) is 4. The Morgan fingerprint density at radius 1 is 0.672 bits per heavy atom. The number of nitrogens with one attached hydrogen (secondary N) is 4. The van der Waals surface area contributed by atoms with Gasteiger partial charge in [0.2, 0.25) is 11.8 Å². The smallest absolute Gasteiger partial charge is 0.407 e. The maximum atomic E-state index is 13.6. The molecule has 4 amide bonds. The molecule has 58 heavy (non-hydrogen) atoms. The highest BCUT2D eigenvalue weighted by atomic mass is 16.5. The van der Waals surface area contributed by atoms with E-state index in [1.807, 2.05) is 76.4 Å². The zero-order chi connectivity index (χ0) is 41.1. The predicted octanol–water partition coefficient (Wildman–Crippen LogP) is 6.17. The van der Waals surface area contributed by atoms with Crippen LogP contribution in [-0.2, 0) is 19.1 Å². The lowest BCUT2D eigenvalue weighted by atomic mass is 10.0. The van der Waals surface area contributed by atoms with Crippen molar-refractivity contribution in [2.45, 2.75) is 77.5 Å². The number of nitrogens with zero attached hydrogens (tertiary/aromatic N) is 6. The number of likely N-dealkylation sites (tertiary alicyclic amines) is 2. The fourth-order valence-electron chi connectivity index (χ4n) is 7.83. The maximum absolute atomic E-state index is 13.6. The third kappa shape index (κ3) is 8.22. The second-order valence-electron chi connectivity index (χ2n) is 15.5. The number of carbonyl (C=O) groups is 4. The highest BCUT2D eigenvalue weighted by Gasteiger charge is 2.39. The minimum absolute atomic E-state index is 0.114. The van der Waals surface area contributed by atoms with E-state index in [9.17, 15) is 19.2 Å². The lowest BCUT2D eigenvalue weighted by molar-refractivity contribution is -0.136. The number of aromatic nitrogens is 6. The van der Waals surface area contributed by atoms with Crippen LogP contribution in [-0.4, -0.2) is 103 Å². The summed E-state index contributed by atoms with van der Waals surface area (Å²) in [7, 11) is 2.57. The van der Waals surface area contributed by atoms with Gasteiger partial charge in [-0.2, -0.15) is 0 Å². The van der Waals surface area contributed by atoms with Crippen LogP contribution in [0, 0.1) is 11.8 Å². The monoisotopic (exact) mass is 790 g/mol. The van der Waals surface area contributed by atoms with Gasteiger partial charge in [0, 0.05) is 35.8 Å². The molecule has 2 aromatic carbocycles. The summed E-state index contributed by atoms with van der Waals surface area (Å²) in [4.78, 5) is 80.4. The minimum Gasteiger partial charge on any atom is -0.453 e. The number of ether oxygens (including phenoxy) is 2. The highest BCUT2D eigenvalue weighted by Crippen LogP contribution is 2.35. The number of amides is 4. The topological polar surface area (TPSA) is 200 Å². The van der Waals surface area contributed by atoms with Gasteiger partial charge in [-0.15, -0.1) is 0 Å². The first kappa shape index (κ1) is 39.9. The van der Waals surface area contributed by atoms with Crippen molar-refractivity contribution < 1.29 is 28.7 Å². The Hall–Kier alpha value is -6.32. The molecule has 7 rings (SSSR count). The molecule has 3 aromatic heterocycles. The van der Waals surface area contributed by atoms with Gasteiger partial charge in [-0.05, 0) is 55.2 Å². The van der Waals surface area contributed by atoms with Crippen LogP contribution in [0.3, 0.4) is 0 Å². The Morgan fingerprint density at radius 2 is 1.16 bits per heavy atom. The van der Waals surface area contributed by atoms with Gasteiger partial charge in [0.25, 0.3) is 0 Å². The van der Waals surface area contributed by atoms with Gasteiger partial charge in [-0.25, -0.2) is 29.5 Å². The summed E-state index contributed by atoms with van der Waals surface area (Å²) in [6.07, 6.45) is 7.30. The second kappa shape index (κ2) is 17.0. The third-order valence-electron chi connectivity index (χ3n) is 11.0. The number of alkyl carbamates (subject to hydrolysis) is 2. The van der Waals surface area contributed by atoms with E-state index in [0.717, 1.165) is 64.7 Å². The molecule has 2 aliphatic rings. The molecule has 2 aliphatic heterocycles. The lowest BCUT2D eigenvalue weighted by Crippen LogP contribution is -2.51. The molecule has 5 aromatic rings. The van der Waals surface area contributed by atoms with E-state index in [1.165, 1.54) is 14.2 Å². The van der Waals surface area contributed by atoms with Crippen LogP contribution in [0.15, 0.2) is 61.1 Å². The molecule has 0 spiro atoms. The number of imidazole rings is 2. The molecular weight excluding hydrogens is 741 g/mol. The second-order valence-corrected chi connectivity index (χ2v) is 15.5. The lowest BCUT2D eigenvalue weighted by Gasteiger charge is -2.30. The van der Waals surface area contributed by atoms with Gasteiger partial charge in [0.1, 0.15) is 23.7 Å². The number of aromatic amines is 2. The number of methoxy groups -OCH3 is 2. The normalized spacial score (nSPS) is 17.8.